The van der Waals surface area contributed by atoms with Gasteiger partial charge in [0.05, 0.1) is 6.54 Å². The summed E-state index contributed by atoms with van der Waals surface area (Å²) in [6, 6.07) is 19.2. The third kappa shape index (κ3) is 10.2. The van der Waals surface area contributed by atoms with Crippen LogP contribution in [-0.2, 0) is 27.4 Å². The molecule has 172 valence electrons. The first-order chi connectivity index (χ1) is 15.6. The van der Waals surface area contributed by atoms with E-state index in [0.29, 0.717) is 32.4 Å². The number of ether oxygens (including phenoxy) is 1. The molecular weight excluding hydrogens is 408 g/mol. The number of nitrogens with one attached hydrogen (secondary N) is 1. The second-order valence-corrected chi connectivity index (χ2v) is 7.55. The maximum Gasteiger partial charge on any atom is 0.407 e. The maximum atomic E-state index is 12.6. The van der Waals surface area contributed by atoms with Crippen LogP contribution in [0.15, 0.2) is 60.7 Å². The molecule has 0 aliphatic heterocycles. The number of aliphatic hydroxyl groups excluding tert-OH is 1. The molecule has 0 aliphatic rings. The van der Waals surface area contributed by atoms with Crippen LogP contribution in [0.4, 0.5) is 4.79 Å². The Labute approximate surface area is 189 Å². The van der Waals surface area contributed by atoms with Gasteiger partial charge in [0.15, 0.2) is 5.78 Å². The van der Waals surface area contributed by atoms with Gasteiger partial charge in [0.2, 0.25) is 5.91 Å². The Balaban J connectivity index is 1.62. The van der Waals surface area contributed by atoms with Crippen LogP contribution in [0.1, 0.15) is 36.8 Å². The third-order valence-electron chi connectivity index (χ3n) is 4.96. The lowest BCUT2D eigenvalue weighted by molar-refractivity contribution is -0.136. The summed E-state index contributed by atoms with van der Waals surface area (Å²) in [7, 11) is 0. The van der Waals surface area contributed by atoms with Crippen molar-refractivity contribution in [3.8, 4) is 0 Å². The van der Waals surface area contributed by atoms with Gasteiger partial charge in [-0.2, -0.15) is 0 Å². The SMILES string of the molecule is O=C(CO)CN(CCc1ccccc1)C(=O)CCCCCNC(=O)OCc1ccccc1. The second kappa shape index (κ2) is 14.8. The van der Waals surface area contributed by atoms with E-state index in [0.717, 1.165) is 24.0 Å². The minimum absolute atomic E-state index is 0.0724. The number of unbranched alkanes of at least 4 members (excludes halogenated alkanes) is 2. The van der Waals surface area contributed by atoms with Crippen molar-refractivity contribution >= 4 is 17.8 Å². The van der Waals surface area contributed by atoms with Gasteiger partial charge >= 0.3 is 6.09 Å². The van der Waals surface area contributed by atoms with Gasteiger partial charge in [-0.15, -0.1) is 0 Å². The molecule has 0 radical (unpaired) electrons. The van der Waals surface area contributed by atoms with Crippen LogP contribution in [0.5, 0.6) is 0 Å². The van der Waals surface area contributed by atoms with Crippen LogP contribution in [-0.4, -0.2) is 54.0 Å². The number of amides is 2. The molecule has 7 nitrogen and oxygen atoms in total. The largest absolute Gasteiger partial charge is 0.445 e. The van der Waals surface area contributed by atoms with Crippen LogP contribution in [0.2, 0.25) is 0 Å². The van der Waals surface area contributed by atoms with Gasteiger partial charge < -0.3 is 20.1 Å². The summed E-state index contributed by atoms with van der Waals surface area (Å²) < 4.78 is 5.15. The van der Waals surface area contributed by atoms with Crippen LogP contribution >= 0.6 is 0 Å². The number of hydrogen-bond donors (Lipinski definition) is 2. The fourth-order valence-electron chi connectivity index (χ4n) is 3.16. The first-order valence-electron chi connectivity index (χ1n) is 11.0. The highest BCUT2D eigenvalue weighted by atomic mass is 16.5. The van der Waals surface area contributed by atoms with E-state index in [1.807, 2.05) is 60.7 Å². The minimum Gasteiger partial charge on any atom is -0.445 e. The van der Waals surface area contributed by atoms with Gasteiger partial charge in [0, 0.05) is 19.5 Å². The molecule has 0 spiro atoms. The predicted molar refractivity (Wildman–Crippen MR) is 122 cm³/mol. The topological polar surface area (TPSA) is 95.9 Å². The highest BCUT2D eigenvalue weighted by Crippen LogP contribution is 2.07. The molecule has 0 aliphatic carbocycles. The number of alkyl carbamates (subject to hydrolysis) is 1. The fraction of sp³-hybridized carbons (Fsp3) is 0.400. The molecule has 32 heavy (non-hydrogen) atoms. The Bertz CT molecular complexity index is 827. The zero-order valence-corrected chi connectivity index (χ0v) is 18.4. The molecule has 0 aromatic heterocycles. The summed E-state index contributed by atoms with van der Waals surface area (Å²) in [4.78, 5) is 37.5. The molecule has 7 heteroatoms. The number of nitrogens with zero attached hydrogens (tertiary/aromatic N) is 1. The van der Waals surface area contributed by atoms with Gasteiger partial charge in [-0.3, -0.25) is 9.59 Å². The lowest BCUT2D eigenvalue weighted by Gasteiger charge is -2.22. The zero-order chi connectivity index (χ0) is 23.0. The molecule has 0 bridgehead atoms. The number of benzene rings is 2. The quantitative estimate of drug-likeness (QED) is 0.440. The first-order valence-corrected chi connectivity index (χ1v) is 11.0. The lowest BCUT2D eigenvalue weighted by atomic mass is 10.1. The van der Waals surface area contributed by atoms with E-state index >= 15 is 0 Å². The van der Waals surface area contributed by atoms with Crippen LogP contribution in [0, 0.1) is 0 Å². The highest BCUT2D eigenvalue weighted by molar-refractivity contribution is 5.86. The summed E-state index contributed by atoms with van der Waals surface area (Å²) in [6.07, 6.45) is 2.68. The summed E-state index contributed by atoms with van der Waals surface area (Å²) in [5, 5.41) is 11.7. The van der Waals surface area contributed by atoms with Crippen LogP contribution in [0.25, 0.3) is 0 Å². The van der Waals surface area contributed by atoms with E-state index < -0.39 is 12.7 Å². The van der Waals surface area contributed by atoms with E-state index in [1.165, 1.54) is 4.90 Å². The van der Waals surface area contributed by atoms with Gasteiger partial charge in [-0.05, 0) is 30.4 Å². The van der Waals surface area contributed by atoms with Crippen molar-refractivity contribution < 1.29 is 24.2 Å². The van der Waals surface area contributed by atoms with Crippen molar-refractivity contribution in [3.05, 3.63) is 71.8 Å². The average Bonchev–Trinajstić information content (AvgIpc) is 2.83. The minimum atomic E-state index is -0.568. The Morgan fingerprint density at radius 1 is 0.875 bits per heavy atom. The van der Waals surface area contributed by atoms with Gasteiger partial charge in [-0.25, -0.2) is 4.79 Å². The molecule has 2 aromatic carbocycles. The highest BCUT2D eigenvalue weighted by Gasteiger charge is 2.16. The molecule has 0 unspecified atom stereocenters. The number of carbonyl (C=O) groups is 3. The molecule has 2 amide bonds. The summed E-state index contributed by atoms with van der Waals surface area (Å²) >= 11 is 0. The summed E-state index contributed by atoms with van der Waals surface area (Å²) in [6.45, 7) is 0.497. The number of ketones is 1. The van der Waals surface area contributed by atoms with Gasteiger partial charge in [-0.1, -0.05) is 67.1 Å². The molecule has 2 N–H and O–H groups in total. The average molecular weight is 441 g/mol. The second-order valence-electron chi connectivity index (χ2n) is 7.55. The van der Waals surface area contributed by atoms with Crippen molar-refractivity contribution in [1.29, 1.82) is 0 Å². The van der Waals surface area contributed by atoms with Gasteiger partial charge in [0.1, 0.15) is 13.2 Å². The molecule has 0 saturated carbocycles. The molecule has 0 atom stereocenters. The summed E-state index contributed by atoms with van der Waals surface area (Å²) in [5.74, 6) is -0.470. The van der Waals surface area contributed by atoms with E-state index in [9.17, 15) is 14.4 Å². The Kier molecular flexibility index (Phi) is 11.6. The number of carbonyl (C=O) groups excluding carboxylic acids is 3. The Hall–Kier alpha value is -3.19. The number of rotatable bonds is 14. The van der Waals surface area contributed by atoms with Crippen molar-refractivity contribution in [2.75, 3.05) is 26.2 Å². The van der Waals surface area contributed by atoms with E-state index in [-0.39, 0.29) is 24.8 Å². The standard InChI is InChI=1S/C25H32N2O5/c28-19-23(29)18-27(17-15-21-10-4-1-5-11-21)24(30)14-8-3-9-16-26-25(31)32-20-22-12-6-2-7-13-22/h1-2,4-7,10-13,28H,3,8-9,14-20H2,(H,26,31). The van der Waals surface area contributed by atoms with Crippen molar-refractivity contribution in [3.63, 3.8) is 0 Å². The Morgan fingerprint density at radius 2 is 1.53 bits per heavy atom. The molecule has 0 heterocycles. The Morgan fingerprint density at radius 3 is 2.19 bits per heavy atom. The lowest BCUT2D eigenvalue weighted by Crippen LogP contribution is -2.38. The number of hydrogen-bond acceptors (Lipinski definition) is 5. The van der Waals surface area contributed by atoms with E-state index in [4.69, 9.17) is 9.84 Å². The molecule has 0 saturated heterocycles. The number of aliphatic hydroxyl groups is 1. The van der Waals surface area contributed by atoms with Crippen LogP contribution < -0.4 is 5.32 Å². The van der Waals surface area contributed by atoms with E-state index in [1.54, 1.807) is 0 Å². The third-order valence-corrected chi connectivity index (χ3v) is 4.96. The van der Waals surface area contributed by atoms with Gasteiger partial charge in [0.25, 0.3) is 0 Å². The molecular formula is C25H32N2O5. The zero-order valence-electron chi connectivity index (χ0n) is 18.4. The first kappa shape index (κ1) is 25.1. The smallest absolute Gasteiger partial charge is 0.407 e. The molecule has 0 fully saturated rings. The molecule has 2 rings (SSSR count). The normalized spacial score (nSPS) is 10.4. The monoisotopic (exact) mass is 440 g/mol. The van der Waals surface area contributed by atoms with Crippen molar-refractivity contribution in [2.45, 2.75) is 38.7 Å². The molecule has 2 aromatic rings. The van der Waals surface area contributed by atoms with Crippen molar-refractivity contribution in [2.24, 2.45) is 0 Å². The van der Waals surface area contributed by atoms with E-state index in [2.05, 4.69) is 5.32 Å². The van der Waals surface area contributed by atoms with Crippen molar-refractivity contribution in [1.82, 2.24) is 10.2 Å². The number of Topliss-reactive ketones (excluding diaryl/α,β-unsaturated/α-hetero) is 1. The summed E-state index contributed by atoms with van der Waals surface area (Å²) in [5.41, 5.74) is 2.02. The maximum absolute atomic E-state index is 12.6. The fourth-order valence-corrected chi connectivity index (χ4v) is 3.16. The predicted octanol–water partition coefficient (Wildman–Crippen LogP) is 3.11. The van der Waals surface area contributed by atoms with Crippen LogP contribution in [0.3, 0.4) is 0 Å².